The quantitative estimate of drug-likeness (QED) is 0.742. The molecule has 0 saturated carbocycles. The van der Waals surface area contributed by atoms with Crippen LogP contribution < -0.4 is 0 Å². The van der Waals surface area contributed by atoms with Crippen LogP contribution in [-0.4, -0.2) is 11.6 Å². The maximum absolute atomic E-state index is 12.2. The molecule has 0 radical (unpaired) electrons. The van der Waals surface area contributed by atoms with Gasteiger partial charge in [0.05, 0.1) is 0 Å². The number of ketones is 2. The van der Waals surface area contributed by atoms with Crippen molar-refractivity contribution in [1.82, 2.24) is 0 Å². The van der Waals surface area contributed by atoms with Crippen molar-refractivity contribution >= 4 is 11.6 Å². The Kier molecular flexibility index (Phi) is 5.04. The van der Waals surface area contributed by atoms with Gasteiger partial charge in [-0.2, -0.15) is 0 Å². The zero-order chi connectivity index (χ0) is 14.6. The molecule has 0 fully saturated rings. The fourth-order valence-electron chi connectivity index (χ4n) is 2.02. The zero-order valence-corrected chi connectivity index (χ0v) is 12.7. The molecule has 0 aliphatic carbocycles. The molecule has 0 aliphatic rings. The second-order valence-corrected chi connectivity index (χ2v) is 6.26. The molecule has 0 N–H and O–H groups in total. The maximum atomic E-state index is 12.2. The number of rotatable bonds is 5. The van der Waals surface area contributed by atoms with E-state index in [-0.39, 0.29) is 17.0 Å². The van der Waals surface area contributed by atoms with Crippen molar-refractivity contribution < 1.29 is 9.59 Å². The fourth-order valence-corrected chi connectivity index (χ4v) is 2.02. The maximum Gasteiger partial charge on any atom is 0.163 e. The highest BCUT2D eigenvalue weighted by Crippen LogP contribution is 2.25. The van der Waals surface area contributed by atoms with Crippen molar-refractivity contribution in [2.45, 2.75) is 59.3 Å². The summed E-state index contributed by atoms with van der Waals surface area (Å²) in [6.45, 7) is 9.95. The summed E-state index contributed by atoms with van der Waals surface area (Å²) >= 11 is 0. The van der Waals surface area contributed by atoms with E-state index in [4.69, 9.17) is 0 Å². The Balaban J connectivity index is 2.87. The molecule has 0 atom stereocenters. The molecular formula is C17H24O2. The summed E-state index contributed by atoms with van der Waals surface area (Å²) < 4.78 is 0. The van der Waals surface area contributed by atoms with Gasteiger partial charge in [-0.3, -0.25) is 4.79 Å². The zero-order valence-electron chi connectivity index (χ0n) is 12.7. The highest BCUT2D eigenvalue weighted by atomic mass is 16.1. The van der Waals surface area contributed by atoms with Crippen LogP contribution in [0.5, 0.6) is 0 Å². The van der Waals surface area contributed by atoms with Crippen LogP contribution >= 0.6 is 0 Å². The number of hydrogen-bond donors (Lipinski definition) is 0. The highest BCUT2D eigenvalue weighted by molar-refractivity contribution is 5.97. The molecule has 1 aromatic carbocycles. The van der Waals surface area contributed by atoms with Crippen LogP contribution in [-0.2, 0) is 10.2 Å². The van der Waals surface area contributed by atoms with E-state index in [1.807, 2.05) is 19.1 Å². The summed E-state index contributed by atoms with van der Waals surface area (Å²) in [5.74, 6) is 0.290. The van der Waals surface area contributed by atoms with Crippen LogP contribution in [0.2, 0.25) is 0 Å². The average Bonchev–Trinajstić information content (AvgIpc) is 2.27. The van der Waals surface area contributed by atoms with Crippen LogP contribution in [0.1, 0.15) is 68.4 Å². The third-order valence-corrected chi connectivity index (χ3v) is 3.34. The molecule has 1 aromatic rings. The van der Waals surface area contributed by atoms with Gasteiger partial charge in [-0.1, -0.05) is 32.9 Å². The van der Waals surface area contributed by atoms with Crippen molar-refractivity contribution in [3.05, 3.63) is 34.9 Å². The topological polar surface area (TPSA) is 34.1 Å². The number of benzene rings is 1. The molecule has 0 aromatic heterocycles. The van der Waals surface area contributed by atoms with Crippen LogP contribution in [0.15, 0.2) is 18.2 Å². The van der Waals surface area contributed by atoms with Crippen molar-refractivity contribution in [1.29, 1.82) is 0 Å². The summed E-state index contributed by atoms with van der Waals surface area (Å²) in [4.78, 5) is 23.1. The Labute approximate surface area is 116 Å². The van der Waals surface area contributed by atoms with Gasteiger partial charge in [0, 0.05) is 18.4 Å². The monoisotopic (exact) mass is 260 g/mol. The van der Waals surface area contributed by atoms with Crippen LogP contribution in [0, 0.1) is 6.92 Å². The first kappa shape index (κ1) is 15.6. The molecule has 0 saturated heterocycles. The van der Waals surface area contributed by atoms with E-state index >= 15 is 0 Å². The van der Waals surface area contributed by atoms with Crippen LogP contribution in [0.3, 0.4) is 0 Å². The minimum absolute atomic E-state index is 0.0438. The van der Waals surface area contributed by atoms with Gasteiger partial charge in [-0.15, -0.1) is 0 Å². The molecule has 0 spiro atoms. The summed E-state index contributed by atoms with van der Waals surface area (Å²) in [5, 5.41) is 0. The summed E-state index contributed by atoms with van der Waals surface area (Å²) in [5.41, 5.74) is 3.03. The molecule has 2 nitrogen and oxygen atoms in total. The van der Waals surface area contributed by atoms with Gasteiger partial charge in [0.25, 0.3) is 0 Å². The average molecular weight is 260 g/mol. The predicted molar refractivity (Wildman–Crippen MR) is 78.7 cm³/mol. The fraction of sp³-hybridized carbons (Fsp3) is 0.529. The lowest BCUT2D eigenvalue weighted by atomic mass is 9.84. The van der Waals surface area contributed by atoms with Gasteiger partial charge < -0.3 is 4.79 Å². The van der Waals surface area contributed by atoms with Crippen LogP contribution in [0.4, 0.5) is 0 Å². The Morgan fingerprint density at radius 3 is 2.26 bits per heavy atom. The van der Waals surface area contributed by atoms with E-state index in [9.17, 15) is 9.59 Å². The second-order valence-electron chi connectivity index (χ2n) is 6.26. The van der Waals surface area contributed by atoms with Crippen molar-refractivity contribution in [3.63, 3.8) is 0 Å². The Morgan fingerprint density at radius 2 is 1.74 bits per heavy atom. The van der Waals surface area contributed by atoms with Crippen molar-refractivity contribution in [2.24, 2.45) is 0 Å². The number of Topliss-reactive ketones (excluding diaryl/α,β-unsaturated/α-hetero) is 2. The third-order valence-electron chi connectivity index (χ3n) is 3.34. The van der Waals surface area contributed by atoms with Gasteiger partial charge in [-0.25, -0.2) is 0 Å². The molecule has 0 unspecified atom stereocenters. The largest absolute Gasteiger partial charge is 0.300 e. The predicted octanol–water partition coefficient (Wildman–Crippen LogP) is 4.23. The van der Waals surface area contributed by atoms with E-state index < -0.39 is 0 Å². The smallest absolute Gasteiger partial charge is 0.163 e. The third kappa shape index (κ3) is 4.62. The molecule has 19 heavy (non-hydrogen) atoms. The van der Waals surface area contributed by atoms with Gasteiger partial charge in [-0.05, 0) is 42.9 Å². The van der Waals surface area contributed by atoms with E-state index in [1.54, 1.807) is 6.92 Å². The molecule has 1 rings (SSSR count). The van der Waals surface area contributed by atoms with Gasteiger partial charge in [0.1, 0.15) is 5.78 Å². The van der Waals surface area contributed by atoms with Gasteiger partial charge in [0.15, 0.2) is 5.78 Å². The van der Waals surface area contributed by atoms with Crippen molar-refractivity contribution in [2.75, 3.05) is 0 Å². The summed E-state index contributed by atoms with van der Waals surface area (Å²) in [7, 11) is 0. The molecule has 2 heteroatoms. The molecular weight excluding hydrogens is 236 g/mol. The first-order chi connectivity index (χ1) is 8.71. The molecule has 0 heterocycles. The molecule has 0 bridgehead atoms. The van der Waals surface area contributed by atoms with Gasteiger partial charge >= 0.3 is 0 Å². The van der Waals surface area contributed by atoms with E-state index in [0.717, 1.165) is 11.1 Å². The number of carbonyl (C=O) groups is 2. The van der Waals surface area contributed by atoms with E-state index in [2.05, 4.69) is 26.8 Å². The van der Waals surface area contributed by atoms with Crippen LogP contribution in [0.25, 0.3) is 0 Å². The van der Waals surface area contributed by atoms with E-state index in [0.29, 0.717) is 19.3 Å². The highest BCUT2D eigenvalue weighted by Gasteiger charge is 2.17. The second kappa shape index (κ2) is 6.14. The van der Waals surface area contributed by atoms with E-state index in [1.165, 1.54) is 5.56 Å². The number of aryl methyl sites for hydroxylation is 1. The first-order valence-electron chi connectivity index (χ1n) is 6.85. The van der Waals surface area contributed by atoms with Gasteiger partial charge in [0.2, 0.25) is 0 Å². The normalized spacial score (nSPS) is 11.4. The lowest BCUT2D eigenvalue weighted by Gasteiger charge is -2.20. The Bertz CT molecular complexity index is 479. The minimum Gasteiger partial charge on any atom is -0.300 e. The SMILES string of the molecule is CC(=O)CCCC(=O)c1cc(C(C)(C)C)ccc1C. The number of carbonyl (C=O) groups excluding carboxylic acids is 2. The first-order valence-corrected chi connectivity index (χ1v) is 6.85. The lowest BCUT2D eigenvalue weighted by Crippen LogP contribution is -2.13. The van der Waals surface area contributed by atoms with Crippen molar-refractivity contribution in [3.8, 4) is 0 Å². The minimum atomic E-state index is 0.0438. The Hall–Kier alpha value is -1.44. The standard InChI is InChI=1S/C17H24O2/c1-12-9-10-14(17(3,4)5)11-15(12)16(19)8-6-7-13(2)18/h9-11H,6-8H2,1-5H3. The molecule has 104 valence electrons. The summed E-state index contributed by atoms with van der Waals surface area (Å²) in [6.07, 6.45) is 1.59. The number of hydrogen-bond acceptors (Lipinski definition) is 2. The molecule has 0 aliphatic heterocycles. The Morgan fingerprint density at radius 1 is 1.11 bits per heavy atom. The summed E-state index contributed by atoms with van der Waals surface area (Å²) in [6, 6.07) is 6.10. The lowest BCUT2D eigenvalue weighted by molar-refractivity contribution is -0.117. The molecule has 0 amide bonds.